The van der Waals surface area contributed by atoms with Gasteiger partial charge in [0.05, 0.1) is 11.4 Å². The molecule has 0 saturated carbocycles. The number of hydrogen-bond donors (Lipinski definition) is 2. The molecule has 0 atom stereocenters. The molecule has 2 aliphatic heterocycles. The Morgan fingerprint density at radius 3 is 1.83 bits per heavy atom. The van der Waals surface area contributed by atoms with E-state index in [2.05, 4.69) is 74.7 Å². The van der Waals surface area contributed by atoms with Gasteiger partial charge in [0.15, 0.2) is 0 Å². The van der Waals surface area contributed by atoms with E-state index in [9.17, 15) is 4.79 Å². The second-order valence-corrected chi connectivity index (χ2v) is 9.54. The highest BCUT2D eigenvalue weighted by atomic mass is 35.5. The number of fused-ring (bicyclic) bond motifs is 2. The summed E-state index contributed by atoms with van der Waals surface area (Å²) in [5.41, 5.74) is 4.43. The van der Waals surface area contributed by atoms with Gasteiger partial charge in [0, 0.05) is 17.1 Å². The molecule has 2 heterocycles. The lowest BCUT2D eigenvalue weighted by molar-refractivity contribution is 0.149. The largest absolute Gasteiger partial charge is 0.335 e. The molecule has 29 heavy (non-hydrogen) atoms. The van der Waals surface area contributed by atoms with Crippen LogP contribution in [0, 0.1) is 0 Å². The Kier molecular flexibility index (Phi) is 5.98. The summed E-state index contributed by atoms with van der Waals surface area (Å²) in [5, 5.41) is 7.05. The molecule has 2 aromatic rings. The molecule has 4 nitrogen and oxygen atoms in total. The van der Waals surface area contributed by atoms with Gasteiger partial charge in [-0.15, -0.1) is 12.4 Å². The monoisotopic (exact) mass is 413 g/mol. The minimum atomic E-state index is -0.0275. The van der Waals surface area contributed by atoms with Gasteiger partial charge in [-0.3, -0.25) is 4.90 Å². The molecular formula is C24H32ClN3O. The molecule has 2 aromatic carbocycles. The van der Waals surface area contributed by atoms with Crippen LogP contribution in [-0.2, 0) is 12.8 Å². The second kappa shape index (κ2) is 8.00. The van der Waals surface area contributed by atoms with E-state index < -0.39 is 0 Å². The maximum absolute atomic E-state index is 13.6. The number of anilines is 2. The van der Waals surface area contributed by atoms with Crippen LogP contribution in [0.3, 0.4) is 0 Å². The molecule has 1 fully saturated rings. The summed E-state index contributed by atoms with van der Waals surface area (Å²) in [7, 11) is 0. The fourth-order valence-corrected chi connectivity index (χ4v) is 5.16. The van der Waals surface area contributed by atoms with Crippen molar-refractivity contribution in [3.8, 4) is 0 Å². The predicted molar refractivity (Wildman–Crippen MR) is 123 cm³/mol. The topological polar surface area (TPSA) is 44.4 Å². The first-order chi connectivity index (χ1) is 13.2. The van der Waals surface area contributed by atoms with Crippen LogP contribution in [0.25, 0.3) is 0 Å². The van der Waals surface area contributed by atoms with Crippen LogP contribution >= 0.6 is 12.4 Å². The summed E-state index contributed by atoms with van der Waals surface area (Å²) < 4.78 is 0. The Bertz CT molecular complexity index is 830. The molecule has 0 radical (unpaired) electrons. The average molecular weight is 414 g/mol. The normalized spacial score (nSPS) is 19.9. The number of nitrogens with one attached hydrogen (secondary N) is 2. The van der Waals surface area contributed by atoms with Gasteiger partial charge in [0.2, 0.25) is 0 Å². The SMILES string of the molecule is CC1(C)CC(NC(=O)N2c3ccccc3CCc3ccccc32)CC(C)(C)N1.Cl. The van der Waals surface area contributed by atoms with Crippen molar-refractivity contribution in [3.05, 3.63) is 59.7 Å². The van der Waals surface area contributed by atoms with E-state index in [0.717, 1.165) is 37.1 Å². The third kappa shape index (κ3) is 4.59. The van der Waals surface area contributed by atoms with Crippen LogP contribution < -0.4 is 15.5 Å². The van der Waals surface area contributed by atoms with Crippen LogP contribution in [0.2, 0.25) is 0 Å². The van der Waals surface area contributed by atoms with Gasteiger partial charge in [0.25, 0.3) is 0 Å². The fourth-order valence-electron chi connectivity index (χ4n) is 5.16. The number of rotatable bonds is 1. The standard InChI is InChI=1S/C24H31N3O.ClH/c1-23(2)15-19(16-24(3,4)26-23)25-22(28)27-20-11-7-5-9-17(20)13-14-18-10-6-8-12-21(18)27;/h5-12,19,26H,13-16H2,1-4H3,(H,25,28);1H. The molecule has 2 N–H and O–H groups in total. The molecule has 0 unspecified atom stereocenters. The van der Waals surface area contributed by atoms with Crippen molar-refractivity contribution >= 4 is 29.8 Å². The lowest BCUT2D eigenvalue weighted by Crippen LogP contribution is -2.62. The zero-order valence-corrected chi connectivity index (χ0v) is 18.6. The van der Waals surface area contributed by atoms with Crippen LogP contribution in [0.4, 0.5) is 16.2 Å². The van der Waals surface area contributed by atoms with Crippen LogP contribution in [0.15, 0.2) is 48.5 Å². The van der Waals surface area contributed by atoms with Crippen LogP contribution in [0.5, 0.6) is 0 Å². The van der Waals surface area contributed by atoms with Crippen molar-refractivity contribution in [1.82, 2.24) is 10.6 Å². The smallest absolute Gasteiger partial charge is 0.326 e. The molecule has 2 amide bonds. The summed E-state index contributed by atoms with van der Waals surface area (Å²) >= 11 is 0. The average Bonchev–Trinajstić information content (AvgIpc) is 2.75. The van der Waals surface area contributed by atoms with E-state index in [0.29, 0.717) is 0 Å². The number of piperidine rings is 1. The number of para-hydroxylation sites is 2. The van der Waals surface area contributed by atoms with Gasteiger partial charge in [-0.1, -0.05) is 36.4 Å². The molecule has 5 heteroatoms. The van der Waals surface area contributed by atoms with Gasteiger partial charge in [0.1, 0.15) is 0 Å². The summed E-state index contributed by atoms with van der Waals surface area (Å²) in [4.78, 5) is 15.4. The van der Waals surface area contributed by atoms with E-state index in [1.54, 1.807) is 0 Å². The highest BCUT2D eigenvalue weighted by molar-refractivity contribution is 6.01. The Labute approximate surface area is 180 Å². The Morgan fingerprint density at radius 1 is 0.897 bits per heavy atom. The molecule has 2 aliphatic rings. The minimum Gasteiger partial charge on any atom is -0.335 e. The van der Waals surface area contributed by atoms with Crippen molar-refractivity contribution in [3.63, 3.8) is 0 Å². The fraction of sp³-hybridized carbons (Fsp3) is 0.458. The summed E-state index contributed by atoms with van der Waals surface area (Å²) in [6.07, 6.45) is 3.73. The lowest BCUT2D eigenvalue weighted by atomic mass is 9.79. The Hall–Kier alpha value is -2.04. The first kappa shape index (κ1) is 21.7. The van der Waals surface area contributed by atoms with E-state index in [1.807, 2.05) is 17.0 Å². The lowest BCUT2D eigenvalue weighted by Gasteiger charge is -2.47. The second-order valence-electron chi connectivity index (χ2n) is 9.54. The van der Waals surface area contributed by atoms with Crippen molar-refractivity contribution in [2.75, 3.05) is 4.90 Å². The van der Waals surface area contributed by atoms with E-state index in [1.165, 1.54) is 11.1 Å². The molecule has 0 bridgehead atoms. The maximum atomic E-state index is 13.6. The number of halogens is 1. The van der Waals surface area contributed by atoms with Gasteiger partial charge in [-0.25, -0.2) is 4.79 Å². The predicted octanol–water partition coefficient (Wildman–Crippen LogP) is 5.36. The third-order valence-electron chi connectivity index (χ3n) is 5.85. The first-order valence-electron chi connectivity index (χ1n) is 10.3. The number of urea groups is 1. The van der Waals surface area contributed by atoms with Crippen molar-refractivity contribution in [1.29, 1.82) is 0 Å². The minimum absolute atomic E-state index is 0. The Morgan fingerprint density at radius 2 is 1.34 bits per heavy atom. The number of hydrogen-bond acceptors (Lipinski definition) is 2. The van der Waals surface area contributed by atoms with Crippen molar-refractivity contribution < 1.29 is 4.79 Å². The van der Waals surface area contributed by atoms with Crippen LogP contribution in [0.1, 0.15) is 51.7 Å². The van der Waals surface area contributed by atoms with Crippen LogP contribution in [-0.4, -0.2) is 23.2 Å². The summed E-state index contributed by atoms with van der Waals surface area (Å²) in [6, 6.07) is 16.7. The number of amides is 2. The number of nitrogens with zero attached hydrogens (tertiary/aromatic N) is 1. The molecule has 156 valence electrons. The summed E-state index contributed by atoms with van der Waals surface area (Å²) in [6.45, 7) is 8.85. The van der Waals surface area contributed by atoms with E-state index >= 15 is 0 Å². The maximum Gasteiger partial charge on any atom is 0.326 e. The van der Waals surface area contributed by atoms with Crippen molar-refractivity contribution in [2.24, 2.45) is 0 Å². The van der Waals surface area contributed by atoms with E-state index in [-0.39, 0.29) is 35.6 Å². The first-order valence-corrected chi connectivity index (χ1v) is 10.3. The van der Waals surface area contributed by atoms with Gasteiger partial charge in [-0.2, -0.15) is 0 Å². The van der Waals surface area contributed by atoms with Crippen molar-refractivity contribution in [2.45, 2.75) is 70.5 Å². The van der Waals surface area contributed by atoms with Gasteiger partial charge >= 0.3 is 6.03 Å². The molecule has 1 saturated heterocycles. The molecule has 4 rings (SSSR count). The molecule has 0 spiro atoms. The highest BCUT2D eigenvalue weighted by Crippen LogP contribution is 2.36. The number of carbonyl (C=O) groups excluding carboxylic acids is 1. The summed E-state index contributed by atoms with van der Waals surface area (Å²) in [5.74, 6) is 0. The highest BCUT2D eigenvalue weighted by Gasteiger charge is 2.39. The van der Waals surface area contributed by atoms with Gasteiger partial charge in [-0.05, 0) is 76.6 Å². The zero-order valence-electron chi connectivity index (χ0n) is 17.8. The number of aryl methyl sites for hydroxylation is 2. The number of benzene rings is 2. The Balaban J connectivity index is 0.00000240. The quantitative estimate of drug-likeness (QED) is 0.660. The molecular weight excluding hydrogens is 382 g/mol. The molecule has 0 aliphatic carbocycles. The van der Waals surface area contributed by atoms with E-state index in [4.69, 9.17) is 0 Å². The zero-order chi connectivity index (χ0) is 19.9. The number of carbonyl (C=O) groups is 1. The molecule has 0 aromatic heterocycles. The third-order valence-corrected chi connectivity index (χ3v) is 5.85. The van der Waals surface area contributed by atoms with Gasteiger partial charge < -0.3 is 10.6 Å².